The number of amides is 1. The lowest BCUT2D eigenvalue weighted by molar-refractivity contribution is -0.323. The second kappa shape index (κ2) is 17.0. The number of nitrogens with zero attached hydrogens (tertiary/aromatic N) is 1. The summed E-state index contributed by atoms with van der Waals surface area (Å²) >= 11 is 0. The van der Waals surface area contributed by atoms with Gasteiger partial charge in [-0.2, -0.15) is 0 Å². The number of carbonyl (C=O) groups is 5. The third-order valence-corrected chi connectivity index (χ3v) is 14.9. The van der Waals surface area contributed by atoms with Gasteiger partial charge in [0, 0.05) is 43.2 Å². The summed E-state index contributed by atoms with van der Waals surface area (Å²) in [6.07, 6.45) is -5.28. The predicted octanol–water partition coefficient (Wildman–Crippen LogP) is 4.88. The Morgan fingerprint density at radius 2 is 1.62 bits per heavy atom. The first-order valence-corrected chi connectivity index (χ1v) is 22.5. The first-order valence-electron chi connectivity index (χ1n) is 22.5. The van der Waals surface area contributed by atoms with Gasteiger partial charge in [0.25, 0.3) is 0 Å². The molecule has 1 amide bonds. The molecule has 6 aliphatic rings. The number of ether oxygens (including phenoxy) is 6. The average Bonchev–Trinajstić information content (AvgIpc) is 3.98. The van der Waals surface area contributed by atoms with E-state index in [1.807, 2.05) is 13.8 Å². The lowest BCUT2D eigenvalue weighted by Crippen LogP contribution is -2.77. The predicted molar refractivity (Wildman–Crippen MR) is 229 cm³/mol. The molecular formula is C49H62N2O13. The summed E-state index contributed by atoms with van der Waals surface area (Å²) in [7, 11) is 0. The van der Waals surface area contributed by atoms with Crippen molar-refractivity contribution in [3.05, 3.63) is 82.9 Å². The Morgan fingerprint density at radius 1 is 0.969 bits per heavy atom. The Labute approximate surface area is 374 Å². The molecule has 5 fully saturated rings. The van der Waals surface area contributed by atoms with Crippen LogP contribution in [-0.2, 0) is 42.8 Å². The molecule has 4 aliphatic carbocycles. The molecule has 2 heterocycles. The smallest absolute Gasteiger partial charge is 0.408 e. The summed E-state index contributed by atoms with van der Waals surface area (Å²) in [5.74, 6) is -4.61. The maximum atomic E-state index is 16.0. The van der Waals surface area contributed by atoms with Crippen molar-refractivity contribution in [2.75, 3.05) is 39.5 Å². The minimum Gasteiger partial charge on any atom is -0.456 e. The Balaban J connectivity index is 1.26. The molecule has 64 heavy (non-hydrogen) atoms. The number of hydrogen-bond acceptors (Lipinski definition) is 14. The van der Waals surface area contributed by atoms with Gasteiger partial charge in [-0.15, -0.1) is 0 Å². The van der Waals surface area contributed by atoms with Gasteiger partial charge in [0.05, 0.1) is 37.3 Å². The maximum absolute atomic E-state index is 16.0. The van der Waals surface area contributed by atoms with Crippen molar-refractivity contribution in [2.24, 2.45) is 28.6 Å². The molecule has 0 radical (unpaired) electrons. The SMILES string of the molecule is CC(=O)O[C@@]12CO[C@@H]1C[C@@H]1C[C@@]13C(=O)[C@H](CCN1CCOCC1)C1=C(C)[C@@H](OC(=O)[C@H](O)[C@@H](NC(=O)OC(C)(C)C)c4ccccc4)C[C@@](O)([C@@H](OC(=O)c4ccccc4)[C@H]23)C1(C)C. The quantitative estimate of drug-likeness (QED) is 0.157. The monoisotopic (exact) mass is 886 g/mol. The number of fused-ring (bicyclic) bond motifs is 4. The number of aliphatic hydroxyl groups is 2. The number of aliphatic hydroxyl groups excluding tert-OH is 1. The number of morpholine rings is 1. The summed E-state index contributed by atoms with van der Waals surface area (Å²) in [6.45, 7) is 14.7. The number of Topliss-reactive ketones (excluding diaryl/α,β-unsaturated/α-hetero) is 1. The highest BCUT2D eigenvalue weighted by Gasteiger charge is 2.83. The van der Waals surface area contributed by atoms with Gasteiger partial charge >= 0.3 is 24.0 Å². The van der Waals surface area contributed by atoms with Crippen molar-refractivity contribution in [2.45, 2.75) is 121 Å². The molecule has 346 valence electrons. The zero-order valence-corrected chi connectivity index (χ0v) is 37.8. The van der Waals surface area contributed by atoms with E-state index >= 15 is 4.79 Å². The van der Waals surface area contributed by atoms with Crippen LogP contribution in [0.5, 0.6) is 0 Å². The number of ketones is 1. The van der Waals surface area contributed by atoms with Gasteiger partial charge in [-0.05, 0) is 88.3 Å². The third-order valence-electron chi connectivity index (χ3n) is 14.9. The van der Waals surface area contributed by atoms with Gasteiger partial charge in [-0.1, -0.05) is 62.4 Å². The van der Waals surface area contributed by atoms with Crippen LogP contribution in [-0.4, -0.2) is 126 Å². The highest BCUT2D eigenvalue weighted by atomic mass is 16.6. The van der Waals surface area contributed by atoms with Crippen molar-refractivity contribution in [3.63, 3.8) is 0 Å². The summed E-state index contributed by atoms with van der Waals surface area (Å²) < 4.78 is 36.5. The van der Waals surface area contributed by atoms with Crippen LogP contribution in [0.25, 0.3) is 0 Å². The molecule has 15 nitrogen and oxygen atoms in total. The van der Waals surface area contributed by atoms with E-state index in [9.17, 15) is 29.4 Å². The van der Waals surface area contributed by atoms with Crippen LogP contribution in [0.3, 0.4) is 0 Å². The Kier molecular flexibility index (Phi) is 12.2. The van der Waals surface area contributed by atoms with Crippen LogP contribution >= 0.6 is 0 Å². The maximum Gasteiger partial charge on any atom is 0.408 e. The van der Waals surface area contributed by atoms with E-state index in [0.717, 1.165) is 0 Å². The first-order chi connectivity index (χ1) is 30.2. The molecule has 2 aromatic rings. The van der Waals surface area contributed by atoms with E-state index in [-0.39, 0.29) is 30.3 Å². The molecule has 2 aromatic carbocycles. The van der Waals surface area contributed by atoms with Crippen molar-refractivity contribution in [1.29, 1.82) is 0 Å². The summed E-state index contributed by atoms with van der Waals surface area (Å²) in [6, 6.07) is 15.5. The van der Waals surface area contributed by atoms with Crippen LogP contribution in [0.15, 0.2) is 71.8 Å². The molecule has 1 spiro atoms. The van der Waals surface area contributed by atoms with Crippen molar-refractivity contribution >= 4 is 29.8 Å². The van der Waals surface area contributed by atoms with E-state index in [2.05, 4.69) is 10.2 Å². The summed E-state index contributed by atoms with van der Waals surface area (Å²) in [5.41, 5.74) is -5.17. The normalized spacial score (nSPS) is 33.9. The van der Waals surface area contributed by atoms with Gasteiger partial charge < -0.3 is 44.0 Å². The fourth-order valence-corrected chi connectivity index (χ4v) is 11.8. The average molecular weight is 887 g/mol. The van der Waals surface area contributed by atoms with Crippen LogP contribution in [0.1, 0.15) is 96.1 Å². The van der Waals surface area contributed by atoms with Crippen molar-refractivity contribution in [3.8, 4) is 0 Å². The summed E-state index contributed by atoms with van der Waals surface area (Å²) in [5, 5.41) is 28.4. The minimum atomic E-state index is -2.08. The lowest BCUT2D eigenvalue weighted by Gasteiger charge is -2.64. The summed E-state index contributed by atoms with van der Waals surface area (Å²) in [4.78, 5) is 73.4. The molecule has 11 atom stereocenters. The highest BCUT2D eigenvalue weighted by Crippen LogP contribution is 2.75. The molecule has 8 rings (SSSR count). The topological polar surface area (TPSA) is 196 Å². The number of benzene rings is 2. The second-order valence-corrected chi connectivity index (χ2v) is 20.1. The zero-order chi connectivity index (χ0) is 46.0. The van der Waals surface area contributed by atoms with E-state index in [0.29, 0.717) is 68.8 Å². The number of hydrogen-bond donors (Lipinski definition) is 3. The van der Waals surface area contributed by atoms with E-state index in [1.54, 1.807) is 88.4 Å². The highest BCUT2D eigenvalue weighted by molar-refractivity contribution is 5.95. The number of alkyl carbamates (subject to hydrolysis) is 1. The van der Waals surface area contributed by atoms with Gasteiger partial charge in [0.2, 0.25) is 0 Å². The molecule has 0 unspecified atom stereocenters. The third kappa shape index (κ3) is 7.94. The number of esters is 3. The van der Waals surface area contributed by atoms with Gasteiger partial charge in [-0.3, -0.25) is 14.5 Å². The van der Waals surface area contributed by atoms with Crippen molar-refractivity contribution < 1.29 is 62.6 Å². The second-order valence-electron chi connectivity index (χ2n) is 20.1. The van der Waals surface area contributed by atoms with Gasteiger partial charge in [0.15, 0.2) is 11.7 Å². The van der Waals surface area contributed by atoms with Crippen molar-refractivity contribution in [1.82, 2.24) is 10.2 Å². The van der Waals surface area contributed by atoms with Crippen LogP contribution in [0.2, 0.25) is 0 Å². The van der Waals surface area contributed by atoms with Gasteiger partial charge in [0.1, 0.15) is 35.3 Å². The molecule has 0 aromatic heterocycles. The lowest BCUT2D eigenvalue weighted by atomic mass is 9.47. The molecule has 2 aliphatic heterocycles. The van der Waals surface area contributed by atoms with E-state index < -0.39 is 93.9 Å². The number of carbonyl (C=O) groups excluding carboxylic acids is 5. The molecule has 3 N–H and O–H groups in total. The van der Waals surface area contributed by atoms with Gasteiger partial charge in [-0.25, -0.2) is 14.4 Å². The largest absolute Gasteiger partial charge is 0.456 e. The Morgan fingerprint density at radius 3 is 2.23 bits per heavy atom. The minimum absolute atomic E-state index is 0.0736. The van der Waals surface area contributed by atoms with E-state index in [1.165, 1.54) is 6.92 Å². The Bertz CT molecular complexity index is 2170. The fourth-order valence-electron chi connectivity index (χ4n) is 11.8. The first kappa shape index (κ1) is 45.9. The standard InChI is InChI=1S/C49H62N2O13/c1-28-34(61-43(56)38(53)37(30-14-10-8-11-15-30)50-44(57)64-45(3,4)5)26-49(58)41(62-42(55)31-16-12-9-13-17-31)39-47(25-32(47)24-35-48(39,27-60-35)63-29(2)52)40(54)33(36(28)46(49,6)7)18-19-51-20-22-59-23-21-51/h8-17,32-35,37-39,41,53,58H,18-27H2,1-7H3,(H,50,57)/t32-,33-,34+,35-,37+,38-,39+,41+,47-,48+,49-/m1/s1. The number of rotatable bonds is 11. The fraction of sp³-hybridized carbons (Fsp3) is 0.612. The molecule has 3 saturated carbocycles. The zero-order valence-electron chi connectivity index (χ0n) is 37.8. The Hall–Kier alpha value is -4.67. The van der Waals surface area contributed by atoms with E-state index in [4.69, 9.17) is 28.4 Å². The number of nitrogens with one attached hydrogen (secondary N) is 1. The molecule has 15 heteroatoms. The van der Waals surface area contributed by atoms with Crippen LogP contribution < -0.4 is 5.32 Å². The molecular weight excluding hydrogens is 825 g/mol. The van der Waals surface area contributed by atoms with Crippen LogP contribution in [0.4, 0.5) is 4.79 Å². The molecule has 2 bridgehead atoms. The molecule has 2 saturated heterocycles. The van der Waals surface area contributed by atoms with Crippen LogP contribution in [0, 0.1) is 28.6 Å².